The van der Waals surface area contributed by atoms with Gasteiger partial charge in [0.15, 0.2) is 11.5 Å². The van der Waals surface area contributed by atoms with E-state index in [-0.39, 0.29) is 0 Å². The molecule has 28 heavy (non-hydrogen) atoms. The monoisotopic (exact) mass is 371 g/mol. The summed E-state index contributed by atoms with van der Waals surface area (Å²) in [6, 6.07) is 13.6. The molecule has 2 heterocycles. The van der Waals surface area contributed by atoms with Gasteiger partial charge >= 0.3 is 0 Å². The van der Waals surface area contributed by atoms with Crippen LogP contribution in [0.2, 0.25) is 0 Å². The lowest BCUT2D eigenvalue weighted by Crippen LogP contribution is -2.00. The van der Waals surface area contributed by atoms with Gasteiger partial charge in [0.25, 0.3) is 0 Å². The van der Waals surface area contributed by atoms with Crippen LogP contribution in [0.3, 0.4) is 0 Å². The number of hydrogen-bond acceptors (Lipinski definition) is 6. The second-order valence-electron chi connectivity index (χ2n) is 6.06. The van der Waals surface area contributed by atoms with E-state index in [1.807, 2.05) is 36.4 Å². The molecule has 4 aromatic rings. The Morgan fingerprint density at radius 2 is 1.93 bits per heavy atom. The Morgan fingerprint density at radius 3 is 2.71 bits per heavy atom. The highest BCUT2D eigenvalue weighted by Crippen LogP contribution is 2.42. The van der Waals surface area contributed by atoms with Crippen molar-refractivity contribution in [3.8, 4) is 28.7 Å². The summed E-state index contributed by atoms with van der Waals surface area (Å²) in [5.41, 5.74) is 4.36. The van der Waals surface area contributed by atoms with Crippen molar-refractivity contribution >= 4 is 22.3 Å². The largest absolute Gasteiger partial charge is 0.493 e. The smallest absolute Gasteiger partial charge is 0.168 e. The molecule has 0 saturated carbocycles. The molecule has 0 saturated heterocycles. The first-order valence-electron chi connectivity index (χ1n) is 8.54. The van der Waals surface area contributed by atoms with Crippen LogP contribution in [-0.2, 0) is 0 Å². The van der Waals surface area contributed by atoms with Crippen LogP contribution in [0.15, 0.2) is 55.0 Å². The molecule has 4 rings (SSSR count). The number of fused-ring (bicyclic) bond motifs is 1. The number of pyridine rings is 1. The zero-order valence-electron chi connectivity index (χ0n) is 15.4. The first-order chi connectivity index (χ1) is 13.7. The molecule has 2 N–H and O–H groups in total. The molecule has 0 aliphatic rings. The van der Waals surface area contributed by atoms with Crippen molar-refractivity contribution in [1.29, 1.82) is 5.26 Å². The molecular formula is C21H17N5O2. The van der Waals surface area contributed by atoms with Crippen molar-refractivity contribution in [2.75, 3.05) is 19.5 Å². The van der Waals surface area contributed by atoms with Crippen LogP contribution in [0.25, 0.3) is 22.0 Å². The maximum Gasteiger partial charge on any atom is 0.168 e. The third kappa shape index (κ3) is 2.97. The lowest BCUT2D eigenvalue weighted by Gasteiger charge is -2.17. The summed E-state index contributed by atoms with van der Waals surface area (Å²) < 4.78 is 11.0. The van der Waals surface area contributed by atoms with Gasteiger partial charge in [-0.3, -0.25) is 10.1 Å². The Morgan fingerprint density at radius 1 is 1.04 bits per heavy atom. The molecule has 0 aliphatic carbocycles. The number of nitrogens with one attached hydrogen (secondary N) is 2. The zero-order valence-corrected chi connectivity index (χ0v) is 15.4. The summed E-state index contributed by atoms with van der Waals surface area (Å²) in [7, 11) is 3.17. The molecule has 7 heteroatoms. The Balaban J connectivity index is 1.87. The summed E-state index contributed by atoms with van der Waals surface area (Å²) in [4.78, 5) is 4.23. The van der Waals surface area contributed by atoms with Crippen LogP contribution in [0.5, 0.6) is 11.5 Å². The van der Waals surface area contributed by atoms with E-state index in [1.165, 1.54) is 6.20 Å². The first-order valence-corrected chi connectivity index (χ1v) is 8.54. The van der Waals surface area contributed by atoms with Gasteiger partial charge < -0.3 is 14.8 Å². The number of para-hydroxylation sites is 1. The third-order valence-corrected chi connectivity index (χ3v) is 4.47. The molecule has 0 amide bonds. The number of aromatic nitrogens is 3. The lowest BCUT2D eigenvalue weighted by molar-refractivity contribution is 0.356. The van der Waals surface area contributed by atoms with Crippen LogP contribution < -0.4 is 14.8 Å². The predicted octanol–water partition coefficient (Wildman–Crippen LogP) is 4.26. The molecule has 0 fully saturated rings. The number of hydrogen-bond donors (Lipinski definition) is 2. The molecule has 0 spiro atoms. The van der Waals surface area contributed by atoms with Gasteiger partial charge in [-0.15, -0.1) is 0 Å². The number of ether oxygens (including phenoxy) is 2. The van der Waals surface area contributed by atoms with Crippen molar-refractivity contribution in [1.82, 2.24) is 15.2 Å². The van der Waals surface area contributed by atoms with Gasteiger partial charge in [-0.25, -0.2) is 0 Å². The van der Waals surface area contributed by atoms with E-state index in [0.29, 0.717) is 22.7 Å². The molecule has 0 unspecified atom stereocenters. The normalized spacial score (nSPS) is 10.5. The fourth-order valence-electron chi connectivity index (χ4n) is 3.15. The van der Waals surface area contributed by atoms with Crippen molar-refractivity contribution in [2.45, 2.75) is 0 Å². The molecule has 7 nitrogen and oxygen atoms in total. The number of benzene rings is 2. The summed E-state index contributed by atoms with van der Waals surface area (Å²) in [5, 5.41) is 20.9. The molecule has 0 radical (unpaired) electrons. The summed E-state index contributed by atoms with van der Waals surface area (Å²) in [6.45, 7) is 0. The molecule has 2 aromatic heterocycles. The Kier molecular flexibility index (Phi) is 4.52. The highest BCUT2D eigenvalue weighted by Gasteiger charge is 2.18. The molecule has 0 bridgehead atoms. The quantitative estimate of drug-likeness (QED) is 0.544. The highest BCUT2D eigenvalue weighted by atomic mass is 16.5. The van der Waals surface area contributed by atoms with E-state index in [9.17, 15) is 5.26 Å². The predicted molar refractivity (Wildman–Crippen MR) is 107 cm³/mol. The van der Waals surface area contributed by atoms with Crippen LogP contribution >= 0.6 is 0 Å². The Hall–Kier alpha value is -4.05. The SMILES string of the molecule is COc1cccc(-c2cncc(C#N)c2Nc2ccc3[nH]ncc3c2)c1OC. The Bertz CT molecular complexity index is 1190. The van der Waals surface area contributed by atoms with Gasteiger partial charge in [0.1, 0.15) is 6.07 Å². The van der Waals surface area contributed by atoms with Gasteiger partial charge in [-0.1, -0.05) is 12.1 Å². The van der Waals surface area contributed by atoms with E-state index in [0.717, 1.165) is 27.7 Å². The summed E-state index contributed by atoms with van der Waals surface area (Å²) >= 11 is 0. The molecule has 138 valence electrons. The highest BCUT2D eigenvalue weighted by molar-refractivity contribution is 5.90. The standard InChI is InChI=1S/C21H17N5O2/c1-27-19-5-3-4-16(21(19)28-2)17-12-23-10-14(9-22)20(17)25-15-6-7-18-13(8-15)11-24-26-18/h3-8,10-12H,1-2H3,(H,23,25)(H,24,26). The number of anilines is 2. The van der Waals surface area contributed by atoms with Crippen LogP contribution in [-0.4, -0.2) is 29.4 Å². The number of H-pyrrole nitrogens is 1. The fraction of sp³-hybridized carbons (Fsp3) is 0.0952. The van der Waals surface area contributed by atoms with Crippen molar-refractivity contribution in [3.63, 3.8) is 0 Å². The van der Waals surface area contributed by atoms with E-state index >= 15 is 0 Å². The van der Waals surface area contributed by atoms with E-state index in [1.54, 1.807) is 26.6 Å². The average molecular weight is 371 g/mol. The minimum absolute atomic E-state index is 0.426. The molecule has 0 aliphatic heterocycles. The molecule has 0 atom stereocenters. The van der Waals surface area contributed by atoms with Crippen LogP contribution in [0.4, 0.5) is 11.4 Å². The maximum atomic E-state index is 9.63. The van der Waals surface area contributed by atoms with E-state index in [4.69, 9.17) is 9.47 Å². The summed E-state index contributed by atoms with van der Waals surface area (Å²) in [5.74, 6) is 1.18. The topological polar surface area (TPSA) is 95.8 Å². The second-order valence-corrected chi connectivity index (χ2v) is 6.06. The average Bonchev–Trinajstić information content (AvgIpc) is 3.21. The van der Waals surface area contributed by atoms with Crippen molar-refractivity contribution in [3.05, 3.63) is 60.6 Å². The second kappa shape index (κ2) is 7.29. The minimum Gasteiger partial charge on any atom is -0.493 e. The number of methoxy groups -OCH3 is 2. The van der Waals surface area contributed by atoms with Crippen LogP contribution in [0.1, 0.15) is 5.56 Å². The summed E-state index contributed by atoms with van der Waals surface area (Å²) in [6.07, 6.45) is 5.00. The first kappa shape index (κ1) is 17.4. The lowest BCUT2D eigenvalue weighted by atomic mass is 10.0. The van der Waals surface area contributed by atoms with E-state index < -0.39 is 0 Å². The number of aromatic amines is 1. The van der Waals surface area contributed by atoms with Gasteiger partial charge in [-0.05, 0) is 24.3 Å². The number of nitrogens with zero attached hydrogens (tertiary/aromatic N) is 3. The Labute approximate surface area is 161 Å². The van der Waals surface area contributed by atoms with Gasteiger partial charge in [-0.2, -0.15) is 10.4 Å². The maximum absolute atomic E-state index is 9.63. The van der Waals surface area contributed by atoms with Gasteiger partial charge in [0.2, 0.25) is 0 Å². The van der Waals surface area contributed by atoms with Crippen molar-refractivity contribution < 1.29 is 9.47 Å². The zero-order chi connectivity index (χ0) is 19.5. The van der Waals surface area contributed by atoms with Crippen molar-refractivity contribution in [2.24, 2.45) is 0 Å². The molecular weight excluding hydrogens is 354 g/mol. The van der Waals surface area contributed by atoms with Gasteiger partial charge in [0.05, 0.1) is 37.2 Å². The fourth-order valence-corrected chi connectivity index (χ4v) is 3.15. The molecule has 2 aromatic carbocycles. The number of rotatable bonds is 5. The van der Waals surface area contributed by atoms with E-state index in [2.05, 4.69) is 26.6 Å². The third-order valence-electron chi connectivity index (χ3n) is 4.47. The van der Waals surface area contributed by atoms with Gasteiger partial charge in [0, 0.05) is 34.6 Å². The number of nitriles is 1. The minimum atomic E-state index is 0.426. The van der Waals surface area contributed by atoms with Crippen LogP contribution in [0, 0.1) is 11.3 Å².